The standard InChI is InChI=1S/C16H23N3O5S/c1-12(20)13-3-4-15(16(11-13)19(21)22)17-14-5-7-18(8-6-14)9-10-25(2,23)24/h3-4,11,14,17H,5-10H2,1-2H3. The van der Waals surface area contributed by atoms with Crippen molar-refractivity contribution in [1.82, 2.24) is 4.90 Å². The van der Waals surface area contributed by atoms with Crippen LogP contribution in [-0.4, -0.2) is 61.7 Å². The Bertz CT molecular complexity index is 755. The van der Waals surface area contributed by atoms with Crippen LogP contribution in [0.4, 0.5) is 11.4 Å². The Morgan fingerprint density at radius 3 is 2.52 bits per heavy atom. The molecule has 1 N–H and O–H groups in total. The number of nitrogens with zero attached hydrogens (tertiary/aromatic N) is 2. The van der Waals surface area contributed by atoms with E-state index in [0.717, 1.165) is 25.9 Å². The van der Waals surface area contributed by atoms with E-state index < -0.39 is 14.8 Å². The van der Waals surface area contributed by atoms with E-state index in [-0.39, 0.29) is 23.3 Å². The molecule has 0 unspecified atom stereocenters. The molecular formula is C16H23N3O5S. The largest absolute Gasteiger partial charge is 0.377 e. The molecular weight excluding hydrogens is 346 g/mol. The monoisotopic (exact) mass is 369 g/mol. The summed E-state index contributed by atoms with van der Waals surface area (Å²) in [5, 5.41) is 14.5. The molecule has 1 saturated heterocycles. The first-order chi connectivity index (χ1) is 11.7. The van der Waals surface area contributed by atoms with Crippen LogP contribution in [-0.2, 0) is 9.84 Å². The fourth-order valence-electron chi connectivity index (χ4n) is 2.84. The Morgan fingerprint density at radius 1 is 1.36 bits per heavy atom. The van der Waals surface area contributed by atoms with Gasteiger partial charge >= 0.3 is 0 Å². The van der Waals surface area contributed by atoms with Gasteiger partial charge in [-0.3, -0.25) is 14.9 Å². The average molecular weight is 369 g/mol. The third-order valence-electron chi connectivity index (χ3n) is 4.33. The molecule has 0 spiro atoms. The zero-order chi connectivity index (χ0) is 18.6. The first kappa shape index (κ1) is 19.3. The smallest absolute Gasteiger partial charge is 0.293 e. The Hall–Kier alpha value is -2.00. The van der Waals surface area contributed by atoms with E-state index in [9.17, 15) is 23.3 Å². The van der Waals surface area contributed by atoms with Crippen molar-refractivity contribution in [2.45, 2.75) is 25.8 Å². The van der Waals surface area contributed by atoms with E-state index >= 15 is 0 Å². The predicted molar refractivity (Wildman–Crippen MR) is 95.9 cm³/mol. The third-order valence-corrected chi connectivity index (χ3v) is 5.25. The molecule has 2 rings (SSSR count). The topological polar surface area (TPSA) is 110 Å². The highest BCUT2D eigenvalue weighted by atomic mass is 32.2. The summed E-state index contributed by atoms with van der Waals surface area (Å²) in [6, 6.07) is 4.53. The van der Waals surface area contributed by atoms with Crippen LogP contribution in [0.1, 0.15) is 30.1 Å². The van der Waals surface area contributed by atoms with Gasteiger partial charge in [-0.25, -0.2) is 8.42 Å². The fourth-order valence-corrected chi connectivity index (χ4v) is 3.43. The van der Waals surface area contributed by atoms with Crippen molar-refractivity contribution in [3.8, 4) is 0 Å². The molecule has 25 heavy (non-hydrogen) atoms. The molecule has 1 aromatic rings. The van der Waals surface area contributed by atoms with Gasteiger partial charge in [-0.05, 0) is 31.9 Å². The molecule has 9 heteroatoms. The molecule has 0 aromatic heterocycles. The number of piperidine rings is 1. The fraction of sp³-hybridized carbons (Fsp3) is 0.562. The second-order valence-electron chi connectivity index (χ2n) is 6.44. The van der Waals surface area contributed by atoms with Gasteiger partial charge in [0.25, 0.3) is 5.69 Å². The highest BCUT2D eigenvalue weighted by Crippen LogP contribution is 2.28. The number of nitro benzene ring substituents is 1. The van der Waals surface area contributed by atoms with Gasteiger partial charge in [-0.15, -0.1) is 0 Å². The van der Waals surface area contributed by atoms with Gasteiger partial charge in [0, 0.05) is 43.6 Å². The van der Waals surface area contributed by atoms with E-state index in [1.165, 1.54) is 19.2 Å². The van der Waals surface area contributed by atoms with Crippen LogP contribution in [0.25, 0.3) is 0 Å². The second-order valence-corrected chi connectivity index (χ2v) is 8.70. The summed E-state index contributed by atoms with van der Waals surface area (Å²) in [5.41, 5.74) is 0.615. The minimum atomic E-state index is -2.97. The summed E-state index contributed by atoms with van der Waals surface area (Å²) >= 11 is 0. The molecule has 8 nitrogen and oxygen atoms in total. The Kier molecular flexibility index (Phi) is 6.12. The summed E-state index contributed by atoms with van der Waals surface area (Å²) in [5.74, 6) is -0.0721. The summed E-state index contributed by atoms with van der Waals surface area (Å²) in [6.07, 6.45) is 2.77. The minimum absolute atomic E-state index is 0.0800. The van der Waals surface area contributed by atoms with E-state index in [4.69, 9.17) is 0 Å². The molecule has 0 bridgehead atoms. The van der Waals surface area contributed by atoms with Crippen LogP contribution in [0.3, 0.4) is 0 Å². The van der Waals surface area contributed by atoms with E-state index in [0.29, 0.717) is 17.8 Å². The number of hydrogen-bond donors (Lipinski definition) is 1. The third kappa shape index (κ3) is 5.79. The van der Waals surface area contributed by atoms with Gasteiger partial charge in [0.05, 0.1) is 10.7 Å². The molecule has 0 radical (unpaired) electrons. The molecule has 0 saturated carbocycles. The number of Topliss-reactive ketones (excluding diaryl/α,β-unsaturated/α-hetero) is 1. The number of nitrogens with one attached hydrogen (secondary N) is 1. The highest BCUT2D eigenvalue weighted by molar-refractivity contribution is 7.90. The number of carbonyl (C=O) groups is 1. The van der Waals surface area contributed by atoms with Gasteiger partial charge in [0.2, 0.25) is 0 Å². The molecule has 1 fully saturated rings. The molecule has 138 valence electrons. The Morgan fingerprint density at radius 2 is 2.00 bits per heavy atom. The van der Waals surface area contributed by atoms with Crippen molar-refractivity contribution in [1.29, 1.82) is 0 Å². The summed E-state index contributed by atoms with van der Waals surface area (Å²) in [4.78, 5) is 24.3. The Labute approximate surface area is 147 Å². The first-order valence-electron chi connectivity index (χ1n) is 8.12. The number of ketones is 1. The molecule has 0 atom stereocenters. The highest BCUT2D eigenvalue weighted by Gasteiger charge is 2.23. The van der Waals surface area contributed by atoms with E-state index in [1.807, 2.05) is 0 Å². The summed E-state index contributed by atoms with van der Waals surface area (Å²) in [7, 11) is -2.97. The van der Waals surface area contributed by atoms with Crippen molar-refractivity contribution >= 4 is 27.0 Å². The van der Waals surface area contributed by atoms with Crippen molar-refractivity contribution < 1.29 is 18.1 Å². The van der Waals surface area contributed by atoms with E-state index in [2.05, 4.69) is 10.2 Å². The zero-order valence-corrected chi connectivity index (χ0v) is 15.2. The summed E-state index contributed by atoms with van der Waals surface area (Å²) < 4.78 is 22.5. The Balaban J connectivity index is 1.97. The van der Waals surface area contributed by atoms with Crippen LogP contribution in [0, 0.1) is 10.1 Å². The van der Waals surface area contributed by atoms with Crippen LogP contribution in [0.5, 0.6) is 0 Å². The van der Waals surface area contributed by atoms with Crippen molar-refractivity contribution in [2.75, 3.05) is 37.0 Å². The first-order valence-corrected chi connectivity index (χ1v) is 10.2. The van der Waals surface area contributed by atoms with Crippen LogP contribution in [0.2, 0.25) is 0 Å². The molecule has 1 aliphatic rings. The quantitative estimate of drug-likeness (QED) is 0.443. The van der Waals surface area contributed by atoms with Crippen LogP contribution >= 0.6 is 0 Å². The van der Waals surface area contributed by atoms with Gasteiger partial charge in [-0.2, -0.15) is 0 Å². The lowest BCUT2D eigenvalue weighted by Crippen LogP contribution is -2.41. The van der Waals surface area contributed by atoms with Gasteiger partial charge in [-0.1, -0.05) is 0 Å². The second kappa shape index (κ2) is 7.92. The number of rotatable bonds is 7. The summed E-state index contributed by atoms with van der Waals surface area (Å²) in [6.45, 7) is 3.37. The molecule has 1 aromatic carbocycles. The van der Waals surface area contributed by atoms with Gasteiger partial charge in [0.1, 0.15) is 15.5 Å². The molecule has 1 heterocycles. The minimum Gasteiger partial charge on any atom is -0.377 e. The number of sulfone groups is 1. The number of nitro groups is 1. The molecule has 0 amide bonds. The number of hydrogen-bond acceptors (Lipinski definition) is 7. The van der Waals surface area contributed by atoms with Crippen LogP contribution < -0.4 is 5.32 Å². The van der Waals surface area contributed by atoms with Gasteiger partial charge < -0.3 is 10.2 Å². The molecule has 1 aliphatic heterocycles. The van der Waals surface area contributed by atoms with Crippen LogP contribution in [0.15, 0.2) is 18.2 Å². The maximum absolute atomic E-state index is 11.4. The van der Waals surface area contributed by atoms with Crippen molar-refractivity contribution in [3.63, 3.8) is 0 Å². The van der Waals surface area contributed by atoms with Crippen molar-refractivity contribution in [3.05, 3.63) is 33.9 Å². The maximum Gasteiger partial charge on any atom is 0.293 e. The number of carbonyl (C=O) groups excluding carboxylic acids is 1. The normalized spacial score (nSPS) is 16.6. The predicted octanol–water partition coefficient (Wildman–Crippen LogP) is 1.72. The van der Waals surface area contributed by atoms with Gasteiger partial charge in [0.15, 0.2) is 5.78 Å². The number of likely N-dealkylation sites (tertiary alicyclic amines) is 1. The average Bonchev–Trinajstić information content (AvgIpc) is 2.53. The molecule has 0 aliphatic carbocycles. The van der Waals surface area contributed by atoms with Crippen molar-refractivity contribution in [2.24, 2.45) is 0 Å². The lowest BCUT2D eigenvalue weighted by Gasteiger charge is -2.32. The number of benzene rings is 1. The number of anilines is 1. The lowest BCUT2D eigenvalue weighted by atomic mass is 10.0. The lowest BCUT2D eigenvalue weighted by molar-refractivity contribution is -0.384. The zero-order valence-electron chi connectivity index (χ0n) is 14.4. The maximum atomic E-state index is 11.4. The van der Waals surface area contributed by atoms with E-state index in [1.54, 1.807) is 12.1 Å². The SMILES string of the molecule is CC(=O)c1ccc(NC2CCN(CCS(C)(=O)=O)CC2)c([N+](=O)[O-])c1.